The van der Waals surface area contributed by atoms with Crippen molar-refractivity contribution in [3.8, 4) is 0 Å². The minimum Gasteiger partial charge on any atom is -0.396 e. The molecular formula is C17H19FN4O4. The third-order valence-corrected chi connectivity index (χ3v) is 5.24. The first-order valence-corrected chi connectivity index (χ1v) is 8.51. The maximum atomic E-state index is 15.1. The molecule has 0 saturated carbocycles. The van der Waals surface area contributed by atoms with Crippen LogP contribution in [0.1, 0.15) is 18.9 Å². The number of aliphatic hydroxyl groups excluding tert-OH is 1. The van der Waals surface area contributed by atoms with E-state index in [1.165, 1.54) is 16.2 Å². The van der Waals surface area contributed by atoms with Gasteiger partial charge in [-0.1, -0.05) is 0 Å². The standard InChI is InChI=1S/C17H19FN4O4/c1-20-15-11(3-2-10(14(15)18)21-6-9(7-21)8-23)22(17(20)26)12-4-5-13(24)19-16(12)25/h2-3,9,12,23H,4-8H2,1H3,(H,19,24,25). The molecule has 2 N–H and O–H groups in total. The lowest BCUT2D eigenvalue weighted by Crippen LogP contribution is -2.48. The van der Waals surface area contributed by atoms with Crippen molar-refractivity contribution in [1.82, 2.24) is 14.5 Å². The van der Waals surface area contributed by atoms with Crippen molar-refractivity contribution in [3.05, 3.63) is 28.4 Å². The number of amides is 2. The molecule has 0 aliphatic carbocycles. The van der Waals surface area contributed by atoms with Gasteiger partial charge in [0.15, 0.2) is 5.82 Å². The Kier molecular flexibility index (Phi) is 3.83. The van der Waals surface area contributed by atoms with Crippen molar-refractivity contribution in [1.29, 1.82) is 0 Å². The summed E-state index contributed by atoms with van der Waals surface area (Å²) >= 11 is 0. The molecule has 3 heterocycles. The normalized spacial score (nSPS) is 21.2. The van der Waals surface area contributed by atoms with Gasteiger partial charge in [-0.05, 0) is 18.6 Å². The van der Waals surface area contributed by atoms with Crippen LogP contribution in [0.3, 0.4) is 0 Å². The summed E-state index contributed by atoms with van der Waals surface area (Å²) in [5.41, 5.74) is 0.331. The van der Waals surface area contributed by atoms with Gasteiger partial charge in [-0.15, -0.1) is 0 Å². The van der Waals surface area contributed by atoms with Gasteiger partial charge in [-0.25, -0.2) is 9.18 Å². The van der Waals surface area contributed by atoms with E-state index in [0.717, 1.165) is 0 Å². The van der Waals surface area contributed by atoms with Crippen LogP contribution in [0.2, 0.25) is 0 Å². The predicted molar refractivity (Wildman–Crippen MR) is 91.3 cm³/mol. The van der Waals surface area contributed by atoms with Crippen LogP contribution in [0.5, 0.6) is 0 Å². The van der Waals surface area contributed by atoms with E-state index in [1.807, 2.05) is 4.90 Å². The zero-order valence-corrected chi connectivity index (χ0v) is 14.2. The molecule has 8 nitrogen and oxygen atoms in total. The Morgan fingerprint density at radius 3 is 2.65 bits per heavy atom. The van der Waals surface area contributed by atoms with E-state index in [9.17, 15) is 14.4 Å². The minimum absolute atomic E-state index is 0.0603. The monoisotopic (exact) mass is 362 g/mol. The number of rotatable bonds is 3. The van der Waals surface area contributed by atoms with Crippen molar-refractivity contribution >= 4 is 28.5 Å². The average Bonchev–Trinajstić information content (AvgIpc) is 2.81. The highest BCUT2D eigenvalue weighted by atomic mass is 19.1. The van der Waals surface area contributed by atoms with Crippen molar-refractivity contribution in [2.24, 2.45) is 13.0 Å². The molecule has 26 heavy (non-hydrogen) atoms. The van der Waals surface area contributed by atoms with Crippen LogP contribution in [0.15, 0.2) is 16.9 Å². The number of nitrogens with one attached hydrogen (secondary N) is 1. The topological polar surface area (TPSA) is 96.6 Å². The molecule has 1 aromatic heterocycles. The number of hydrogen-bond acceptors (Lipinski definition) is 5. The summed E-state index contributed by atoms with van der Waals surface area (Å²) in [6.45, 7) is 1.17. The molecule has 2 saturated heterocycles. The van der Waals surface area contributed by atoms with Gasteiger partial charge in [0.25, 0.3) is 0 Å². The summed E-state index contributed by atoms with van der Waals surface area (Å²) in [6, 6.07) is 2.38. The first-order valence-electron chi connectivity index (χ1n) is 8.51. The Hall–Kier alpha value is -2.68. The highest BCUT2D eigenvalue weighted by Gasteiger charge is 2.33. The number of nitrogens with zero attached hydrogens (tertiary/aromatic N) is 3. The van der Waals surface area contributed by atoms with Gasteiger partial charge >= 0.3 is 5.69 Å². The Morgan fingerprint density at radius 2 is 2.00 bits per heavy atom. The van der Waals surface area contributed by atoms with Crippen LogP contribution in [0.25, 0.3) is 11.0 Å². The summed E-state index contributed by atoms with van der Waals surface area (Å²) in [6.07, 6.45) is 0.341. The van der Waals surface area contributed by atoms with Crippen LogP contribution < -0.4 is 15.9 Å². The second-order valence-corrected chi connectivity index (χ2v) is 6.90. The van der Waals surface area contributed by atoms with Gasteiger partial charge in [-0.2, -0.15) is 0 Å². The van der Waals surface area contributed by atoms with Crippen molar-refractivity contribution in [2.45, 2.75) is 18.9 Å². The first-order chi connectivity index (χ1) is 12.4. The van der Waals surface area contributed by atoms with E-state index in [1.54, 1.807) is 12.1 Å². The van der Waals surface area contributed by atoms with Gasteiger partial charge < -0.3 is 10.0 Å². The summed E-state index contributed by atoms with van der Waals surface area (Å²) < 4.78 is 17.6. The van der Waals surface area contributed by atoms with Crippen LogP contribution in [0.4, 0.5) is 10.1 Å². The molecule has 2 aromatic rings. The fraction of sp³-hybridized carbons (Fsp3) is 0.471. The fourth-order valence-corrected chi connectivity index (χ4v) is 3.77. The Bertz CT molecular complexity index is 973. The largest absolute Gasteiger partial charge is 0.396 e. The molecular weight excluding hydrogens is 343 g/mol. The van der Waals surface area contributed by atoms with Gasteiger partial charge in [0.05, 0.1) is 11.2 Å². The number of carbonyl (C=O) groups is 2. The number of anilines is 1. The lowest BCUT2D eigenvalue weighted by atomic mass is 10.00. The Morgan fingerprint density at radius 1 is 1.27 bits per heavy atom. The molecule has 0 bridgehead atoms. The number of imidazole rings is 1. The maximum Gasteiger partial charge on any atom is 0.329 e. The number of aryl methyl sites for hydroxylation is 1. The van der Waals surface area contributed by atoms with Crippen molar-refractivity contribution < 1.29 is 19.1 Å². The smallest absolute Gasteiger partial charge is 0.329 e. The zero-order chi connectivity index (χ0) is 18.6. The second-order valence-electron chi connectivity index (χ2n) is 6.90. The average molecular weight is 362 g/mol. The number of carbonyl (C=O) groups excluding carboxylic acids is 2. The minimum atomic E-state index is -0.836. The van der Waals surface area contributed by atoms with Crippen LogP contribution >= 0.6 is 0 Å². The van der Waals surface area contributed by atoms with E-state index in [-0.39, 0.29) is 36.8 Å². The summed E-state index contributed by atoms with van der Waals surface area (Å²) in [7, 11) is 1.46. The summed E-state index contributed by atoms with van der Waals surface area (Å²) in [4.78, 5) is 38.0. The van der Waals surface area contributed by atoms with E-state index in [4.69, 9.17) is 5.11 Å². The van der Waals surface area contributed by atoms with Crippen LogP contribution in [0, 0.1) is 11.7 Å². The van der Waals surface area contributed by atoms with Gasteiger partial charge in [0, 0.05) is 39.1 Å². The van der Waals surface area contributed by atoms with Crippen molar-refractivity contribution in [3.63, 3.8) is 0 Å². The van der Waals surface area contributed by atoms with Crippen LogP contribution in [-0.2, 0) is 16.6 Å². The number of aliphatic hydroxyl groups is 1. The molecule has 2 fully saturated rings. The SMILES string of the molecule is Cn1c(=O)n(C2CCC(=O)NC2=O)c2ccc(N3CC(CO)C3)c(F)c21. The van der Waals surface area contributed by atoms with E-state index in [2.05, 4.69) is 5.32 Å². The number of piperidine rings is 1. The number of aromatic nitrogens is 2. The van der Waals surface area contributed by atoms with Gasteiger partial charge in [-0.3, -0.25) is 24.0 Å². The summed E-state index contributed by atoms with van der Waals surface area (Å²) in [5.74, 6) is -1.32. The number of benzene rings is 1. The second kappa shape index (κ2) is 5.94. The molecule has 2 amide bonds. The molecule has 0 spiro atoms. The molecule has 0 radical (unpaired) electrons. The number of hydrogen-bond donors (Lipinski definition) is 2. The van der Waals surface area contributed by atoms with E-state index in [0.29, 0.717) is 24.3 Å². The molecule has 1 atom stereocenters. The van der Waals surface area contributed by atoms with Gasteiger partial charge in [0.1, 0.15) is 11.6 Å². The molecule has 1 unspecified atom stereocenters. The maximum absolute atomic E-state index is 15.1. The lowest BCUT2D eigenvalue weighted by Gasteiger charge is -2.40. The predicted octanol–water partition coefficient (Wildman–Crippen LogP) is -0.115. The quantitative estimate of drug-likeness (QED) is 0.743. The number of halogens is 1. The first kappa shape index (κ1) is 16.8. The number of fused-ring (bicyclic) bond motifs is 1. The van der Waals surface area contributed by atoms with Gasteiger partial charge in [0.2, 0.25) is 11.8 Å². The molecule has 4 rings (SSSR count). The zero-order valence-electron chi connectivity index (χ0n) is 14.2. The number of imide groups is 1. The molecule has 9 heteroatoms. The van der Waals surface area contributed by atoms with E-state index >= 15 is 4.39 Å². The summed E-state index contributed by atoms with van der Waals surface area (Å²) in [5, 5.41) is 11.4. The fourth-order valence-electron chi connectivity index (χ4n) is 3.77. The third-order valence-electron chi connectivity index (χ3n) is 5.24. The van der Waals surface area contributed by atoms with Crippen LogP contribution in [-0.4, -0.2) is 45.8 Å². The Balaban J connectivity index is 1.80. The molecule has 1 aromatic carbocycles. The highest BCUT2D eigenvalue weighted by Crippen LogP contribution is 2.32. The molecule has 2 aliphatic rings. The Labute approximate surface area is 147 Å². The van der Waals surface area contributed by atoms with Crippen molar-refractivity contribution in [2.75, 3.05) is 24.6 Å². The molecule has 138 valence electrons. The van der Waals surface area contributed by atoms with E-state index < -0.39 is 23.5 Å². The lowest BCUT2D eigenvalue weighted by molar-refractivity contribution is -0.135. The molecule has 2 aliphatic heterocycles. The third kappa shape index (κ3) is 2.34. The highest BCUT2D eigenvalue weighted by molar-refractivity contribution is 6.00.